The highest BCUT2D eigenvalue weighted by Crippen LogP contribution is 2.37. The molecule has 3 rings (SSSR count). The number of carboxylic acids is 1. The molecule has 1 fully saturated rings. The number of carboxylic acid groups (broad SMARTS) is 1. The number of rotatable bonds is 5. The van der Waals surface area contributed by atoms with Crippen LogP contribution in [0, 0.1) is 13.8 Å². The first kappa shape index (κ1) is 16.7. The lowest BCUT2D eigenvalue weighted by atomic mass is 10.1. The smallest absolute Gasteiger partial charge is 0.339 e. The van der Waals surface area contributed by atoms with E-state index in [1.807, 2.05) is 6.92 Å². The van der Waals surface area contributed by atoms with Gasteiger partial charge in [-0.1, -0.05) is 12.8 Å². The molecular weight excluding hydrogens is 328 g/mol. The van der Waals surface area contributed by atoms with Crippen molar-refractivity contribution in [2.24, 2.45) is 0 Å². The van der Waals surface area contributed by atoms with E-state index in [1.54, 1.807) is 6.92 Å². The number of carbonyl (C=O) groups excluding carboxylic acids is 1. The van der Waals surface area contributed by atoms with E-state index in [0.29, 0.717) is 22.3 Å². The zero-order valence-electron chi connectivity index (χ0n) is 13.7. The Kier molecular flexibility index (Phi) is 4.71. The van der Waals surface area contributed by atoms with Crippen LogP contribution >= 0.6 is 11.3 Å². The quantitative estimate of drug-likeness (QED) is 0.860. The van der Waals surface area contributed by atoms with E-state index in [-0.39, 0.29) is 18.0 Å². The van der Waals surface area contributed by atoms with Crippen LogP contribution in [0.25, 0.3) is 0 Å². The van der Waals surface area contributed by atoms with Crippen molar-refractivity contribution in [2.45, 2.75) is 52.0 Å². The fourth-order valence-corrected chi connectivity index (χ4v) is 4.22. The highest BCUT2D eigenvalue weighted by atomic mass is 32.1. The van der Waals surface area contributed by atoms with Crippen molar-refractivity contribution in [1.29, 1.82) is 0 Å². The maximum atomic E-state index is 12.4. The van der Waals surface area contributed by atoms with Crippen molar-refractivity contribution in [2.75, 3.05) is 0 Å². The molecule has 0 bridgehead atoms. The number of carbonyl (C=O) groups is 2. The first-order valence-corrected chi connectivity index (χ1v) is 8.85. The molecule has 1 saturated carbocycles. The molecule has 1 aliphatic carbocycles. The molecule has 0 atom stereocenters. The number of aromatic nitrogens is 1. The van der Waals surface area contributed by atoms with Crippen molar-refractivity contribution in [3.63, 3.8) is 0 Å². The molecule has 0 saturated heterocycles. The molecule has 6 nitrogen and oxygen atoms in total. The van der Waals surface area contributed by atoms with Gasteiger partial charge in [0, 0.05) is 5.92 Å². The third-order valence-corrected chi connectivity index (χ3v) is 5.66. The highest BCUT2D eigenvalue weighted by Gasteiger charge is 2.24. The van der Waals surface area contributed by atoms with Crippen LogP contribution in [-0.2, 0) is 6.54 Å². The van der Waals surface area contributed by atoms with Crippen molar-refractivity contribution < 1.29 is 19.1 Å². The number of hydrogen-bond donors (Lipinski definition) is 2. The van der Waals surface area contributed by atoms with Gasteiger partial charge in [-0.05, 0) is 32.8 Å². The lowest BCUT2D eigenvalue weighted by Crippen LogP contribution is -2.22. The number of nitrogens with one attached hydrogen (secondary N) is 1. The molecule has 7 heteroatoms. The van der Waals surface area contributed by atoms with Crippen molar-refractivity contribution >= 4 is 23.2 Å². The Balaban J connectivity index is 1.67. The van der Waals surface area contributed by atoms with Gasteiger partial charge in [-0.15, -0.1) is 11.3 Å². The second kappa shape index (κ2) is 6.76. The molecule has 2 N–H and O–H groups in total. The molecule has 24 heavy (non-hydrogen) atoms. The summed E-state index contributed by atoms with van der Waals surface area (Å²) in [5, 5.41) is 12.9. The Morgan fingerprint density at radius 2 is 2.08 bits per heavy atom. The van der Waals surface area contributed by atoms with Gasteiger partial charge in [-0.3, -0.25) is 4.79 Å². The standard InChI is InChI=1S/C17H20N2O4S/c1-9-14(24-16(19-9)11-5-3-4-6-11)15(20)18-8-12-7-13(17(21)22)10(2)23-12/h7,11H,3-6,8H2,1-2H3,(H,18,20)(H,21,22). The molecule has 2 aromatic heterocycles. The zero-order chi connectivity index (χ0) is 17.3. The Bertz CT molecular complexity index is 772. The highest BCUT2D eigenvalue weighted by molar-refractivity contribution is 7.13. The summed E-state index contributed by atoms with van der Waals surface area (Å²) < 4.78 is 5.37. The van der Waals surface area contributed by atoms with E-state index < -0.39 is 5.97 Å². The summed E-state index contributed by atoms with van der Waals surface area (Å²) in [5.74, 6) is 0.0234. The molecule has 2 aromatic rings. The third-order valence-electron chi connectivity index (χ3n) is 4.35. The van der Waals surface area contributed by atoms with E-state index >= 15 is 0 Å². The fourth-order valence-electron chi connectivity index (χ4n) is 3.07. The summed E-state index contributed by atoms with van der Waals surface area (Å²) in [7, 11) is 0. The van der Waals surface area contributed by atoms with Gasteiger partial charge in [0.05, 0.1) is 17.2 Å². The molecule has 128 valence electrons. The molecule has 0 spiro atoms. The van der Waals surface area contributed by atoms with Gasteiger partial charge < -0.3 is 14.8 Å². The van der Waals surface area contributed by atoms with Crippen LogP contribution in [-0.4, -0.2) is 22.0 Å². The number of aromatic carboxylic acids is 1. The normalized spacial score (nSPS) is 14.9. The molecule has 0 aliphatic heterocycles. The van der Waals surface area contributed by atoms with Crippen LogP contribution in [0.2, 0.25) is 0 Å². The maximum Gasteiger partial charge on any atom is 0.339 e. The van der Waals surface area contributed by atoms with Gasteiger partial charge in [-0.2, -0.15) is 0 Å². The molecular formula is C17H20N2O4S. The Labute approximate surface area is 143 Å². The Hall–Kier alpha value is -2.15. The molecule has 0 unspecified atom stereocenters. The molecule has 0 aromatic carbocycles. The van der Waals surface area contributed by atoms with E-state index in [2.05, 4.69) is 10.3 Å². The van der Waals surface area contributed by atoms with Crippen LogP contribution in [0.5, 0.6) is 0 Å². The van der Waals surface area contributed by atoms with Gasteiger partial charge in [0.2, 0.25) is 0 Å². The Morgan fingerprint density at radius 3 is 2.71 bits per heavy atom. The average Bonchev–Trinajstić information content (AvgIpc) is 3.24. The Morgan fingerprint density at radius 1 is 1.38 bits per heavy atom. The van der Waals surface area contributed by atoms with Crippen molar-refractivity contribution in [3.05, 3.63) is 38.7 Å². The summed E-state index contributed by atoms with van der Waals surface area (Å²) in [6.07, 6.45) is 4.76. The van der Waals surface area contributed by atoms with Crippen molar-refractivity contribution in [1.82, 2.24) is 10.3 Å². The largest absolute Gasteiger partial charge is 0.478 e. The number of nitrogens with zero attached hydrogens (tertiary/aromatic N) is 1. The number of aryl methyl sites for hydroxylation is 2. The van der Waals surface area contributed by atoms with Gasteiger partial charge >= 0.3 is 5.97 Å². The zero-order valence-corrected chi connectivity index (χ0v) is 14.5. The van der Waals surface area contributed by atoms with E-state index in [9.17, 15) is 9.59 Å². The van der Waals surface area contributed by atoms with Crippen LogP contribution in [0.3, 0.4) is 0 Å². The summed E-state index contributed by atoms with van der Waals surface area (Å²) in [4.78, 5) is 28.6. The van der Waals surface area contributed by atoms with E-state index in [1.165, 1.54) is 30.2 Å². The average molecular weight is 348 g/mol. The molecule has 1 aliphatic rings. The number of hydrogen-bond acceptors (Lipinski definition) is 5. The van der Waals surface area contributed by atoms with Crippen LogP contribution in [0.15, 0.2) is 10.5 Å². The number of amides is 1. The summed E-state index contributed by atoms with van der Waals surface area (Å²) >= 11 is 1.47. The second-order valence-electron chi connectivity index (χ2n) is 6.12. The lowest BCUT2D eigenvalue weighted by molar-refractivity contribution is 0.0694. The number of furan rings is 1. The predicted molar refractivity (Wildman–Crippen MR) is 89.6 cm³/mol. The van der Waals surface area contributed by atoms with Crippen LogP contribution < -0.4 is 5.32 Å². The summed E-state index contributed by atoms with van der Waals surface area (Å²) in [5.41, 5.74) is 0.873. The minimum Gasteiger partial charge on any atom is -0.478 e. The first-order valence-electron chi connectivity index (χ1n) is 8.04. The van der Waals surface area contributed by atoms with Gasteiger partial charge in [0.1, 0.15) is 22.0 Å². The summed E-state index contributed by atoms with van der Waals surface area (Å²) in [6.45, 7) is 3.60. The topological polar surface area (TPSA) is 92.4 Å². The van der Waals surface area contributed by atoms with Crippen molar-refractivity contribution in [3.8, 4) is 0 Å². The summed E-state index contributed by atoms with van der Waals surface area (Å²) in [6, 6.07) is 1.45. The fraction of sp³-hybridized carbons (Fsp3) is 0.471. The van der Waals surface area contributed by atoms with Crippen LogP contribution in [0.1, 0.15) is 73.9 Å². The first-order chi connectivity index (χ1) is 11.5. The van der Waals surface area contributed by atoms with Gasteiger partial charge in [0.25, 0.3) is 5.91 Å². The minimum absolute atomic E-state index is 0.122. The minimum atomic E-state index is -1.03. The molecule has 2 heterocycles. The molecule has 0 radical (unpaired) electrons. The lowest BCUT2D eigenvalue weighted by Gasteiger charge is -2.02. The van der Waals surface area contributed by atoms with Gasteiger partial charge in [-0.25, -0.2) is 9.78 Å². The third kappa shape index (κ3) is 3.36. The molecule has 1 amide bonds. The SMILES string of the molecule is Cc1nc(C2CCCC2)sc1C(=O)NCc1cc(C(=O)O)c(C)o1. The van der Waals surface area contributed by atoms with E-state index in [0.717, 1.165) is 23.5 Å². The monoisotopic (exact) mass is 348 g/mol. The number of thiazole rings is 1. The predicted octanol–water partition coefficient (Wildman–Crippen LogP) is 3.64. The van der Waals surface area contributed by atoms with Crippen LogP contribution in [0.4, 0.5) is 0 Å². The maximum absolute atomic E-state index is 12.4. The van der Waals surface area contributed by atoms with E-state index in [4.69, 9.17) is 9.52 Å². The van der Waals surface area contributed by atoms with Gasteiger partial charge in [0.15, 0.2) is 0 Å². The second-order valence-corrected chi connectivity index (χ2v) is 7.15.